The zero-order valence-electron chi connectivity index (χ0n) is 9.38. The molecule has 4 heteroatoms. The molecule has 1 rings (SSSR count). The smallest absolute Gasteiger partial charge is 0.117 e. The van der Waals surface area contributed by atoms with Crippen LogP contribution in [0, 0.1) is 5.92 Å². The fraction of sp³-hybridized carbons (Fsp3) is 0.545. The van der Waals surface area contributed by atoms with Crippen LogP contribution in [0.5, 0.6) is 0 Å². The molecule has 0 saturated heterocycles. The topological polar surface area (TPSA) is 24.9 Å². The first kappa shape index (κ1) is 12.7. The highest BCUT2D eigenvalue weighted by Gasteiger charge is 1.98. The predicted octanol–water partition coefficient (Wildman–Crippen LogP) is 3.45. The van der Waals surface area contributed by atoms with E-state index in [1.807, 2.05) is 0 Å². The highest BCUT2D eigenvalue weighted by molar-refractivity contribution is 7.16. The van der Waals surface area contributed by atoms with Gasteiger partial charge in [0.15, 0.2) is 0 Å². The summed E-state index contributed by atoms with van der Waals surface area (Å²) in [7, 11) is 0. The van der Waals surface area contributed by atoms with Crippen molar-refractivity contribution in [2.75, 3.05) is 13.1 Å². The molecule has 0 aromatic carbocycles. The molecule has 2 nitrogen and oxygen atoms in total. The minimum Gasteiger partial charge on any atom is -0.313 e. The van der Waals surface area contributed by atoms with Crippen LogP contribution in [-0.2, 0) is 0 Å². The molecule has 0 radical (unpaired) electrons. The third-order valence-corrected chi connectivity index (χ3v) is 2.88. The summed E-state index contributed by atoms with van der Waals surface area (Å²) in [5.74, 6) is 0.687. The molecule has 0 fully saturated rings. The Morgan fingerprint density at radius 1 is 1.67 bits per heavy atom. The molecule has 1 aromatic heterocycles. The Morgan fingerprint density at radius 2 is 2.40 bits per heavy atom. The average Bonchev–Trinajstić information content (AvgIpc) is 2.50. The molecule has 0 spiro atoms. The van der Waals surface area contributed by atoms with Gasteiger partial charge in [-0.05, 0) is 25.5 Å². The SMILES string of the molecule is C/C(=C\c1ncc(Cl)s1)CNCC(C)C. The molecule has 1 aromatic rings. The summed E-state index contributed by atoms with van der Waals surface area (Å²) in [5, 5.41) is 4.36. The fourth-order valence-corrected chi connectivity index (χ4v) is 2.11. The van der Waals surface area contributed by atoms with Crippen LogP contribution in [0.15, 0.2) is 11.8 Å². The molecule has 0 bridgehead atoms. The first-order valence-corrected chi connectivity index (χ1v) is 6.26. The Balaban J connectivity index is 2.39. The number of nitrogens with zero attached hydrogens (tertiary/aromatic N) is 1. The fourth-order valence-electron chi connectivity index (χ4n) is 1.15. The number of nitrogens with one attached hydrogen (secondary N) is 1. The van der Waals surface area contributed by atoms with Crippen LogP contribution in [-0.4, -0.2) is 18.1 Å². The summed E-state index contributed by atoms with van der Waals surface area (Å²) in [6.45, 7) is 8.46. The van der Waals surface area contributed by atoms with Gasteiger partial charge in [0.05, 0.1) is 6.20 Å². The second kappa shape index (κ2) is 6.26. The van der Waals surface area contributed by atoms with E-state index < -0.39 is 0 Å². The van der Waals surface area contributed by atoms with Gasteiger partial charge in [0.25, 0.3) is 0 Å². The van der Waals surface area contributed by atoms with E-state index >= 15 is 0 Å². The Bertz CT molecular complexity index is 331. The zero-order valence-corrected chi connectivity index (χ0v) is 11.0. The van der Waals surface area contributed by atoms with Crippen molar-refractivity contribution in [2.45, 2.75) is 20.8 Å². The van der Waals surface area contributed by atoms with Crippen molar-refractivity contribution in [1.29, 1.82) is 0 Å². The molecule has 0 atom stereocenters. The second-order valence-corrected chi connectivity index (χ2v) is 5.71. The number of hydrogen-bond donors (Lipinski definition) is 1. The van der Waals surface area contributed by atoms with E-state index in [0.717, 1.165) is 22.4 Å². The summed E-state index contributed by atoms with van der Waals surface area (Å²) in [6.07, 6.45) is 3.76. The first-order chi connectivity index (χ1) is 7.08. The van der Waals surface area contributed by atoms with Gasteiger partial charge >= 0.3 is 0 Å². The number of halogens is 1. The molecule has 0 aliphatic carbocycles. The summed E-state index contributed by atoms with van der Waals surface area (Å²) in [6, 6.07) is 0. The lowest BCUT2D eigenvalue weighted by molar-refractivity contribution is 0.572. The molecule has 0 amide bonds. The van der Waals surface area contributed by atoms with Crippen LogP contribution in [0.3, 0.4) is 0 Å². The number of rotatable bonds is 5. The molecule has 0 saturated carbocycles. The Hall–Kier alpha value is -0.380. The van der Waals surface area contributed by atoms with E-state index in [1.54, 1.807) is 6.20 Å². The van der Waals surface area contributed by atoms with Gasteiger partial charge in [-0.3, -0.25) is 0 Å². The zero-order chi connectivity index (χ0) is 11.3. The molecule has 0 aliphatic heterocycles. The number of thiazole rings is 1. The van der Waals surface area contributed by atoms with Crippen molar-refractivity contribution in [3.8, 4) is 0 Å². The molecule has 84 valence electrons. The lowest BCUT2D eigenvalue weighted by Crippen LogP contribution is -2.21. The largest absolute Gasteiger partial charge is 0.313 e. The maximum absolute atomic E-state index is 5.80. The van der Waals surface area contributed by atoms with Crippen LogP contribution >= 0.6 is 22.9 Å². The average molecular weight is 245 g/mol. The Morgan fingerprint density at radius 3 is 2.93 bits per heavy atom. The van der Waals surface area contributed by atoms with Gasteiger partial charge in [-0.1, -0.05) is 31.0 Å². The molecule has 15 heavy (non-hydrogen) atoms. The highest BCUT2D eigenvalue weighted by Crippen LogP contribution is 2.20. The van der Waals surface area contributed by atoms with Gasteiger partial charge in [-0.25, -0.2) is 4.98 Å². The van der Waals surface area contributed by atoms with E-state index in [2.05, 4.69) is 37.1 Å². The van der Waals surface area contributed by atoms with Crippen LogP contribution in [0.2, 0.25) is 4.34 Å². The van der Waals surface area contributed by atoms with Gasteiger partial charge in [-0.15, -0.1) is 11.3 Å². The molecular weight excluding hydrogens is 228 g/mol. The minimum atomic E-state index is 0.687. The van der Waals surface area contributed by atoms with E-state index in [-0.39, 0.29) is 0 Å². The summed E-state index contributed by atoms with van der Waals surface area (Å²) in [5.41, 5.74) is 1.28. The predicted molar refractivity (Wildman–Crippen MR) is 68.5 cm³/mol. The summed E-state index contributed by atoms with van der Waals surface area (Å²) < 4.78 is 0.740. The quantitative estimate of drug-likeness (QED) is 0.858. The summed E-state index contributed by atoms with van der Waals surface area (Å²) >= 11 is 7.31. The van der Waals surface area contributed by atoms with E-state index in [9.17, 15) is 0 Å². The molecule has 0 unspecified atom stereocenters. The third kappa shape index (κ3) is 5.30. The first-order valence-electron chi connectivity index (χ1n) is 5.07. The van der Waals surface area contributed by atoms with Gasteiger partial charge < -0.3 is 5.32 Å². The van der Waals surface area contributed by atoms with Crippen molar-refractivity contribution >= 4 is 29.0 Å². The number of aromatic nitrogens is 1. The van der Waals surface area contributed by atoms with Gasteiger partial charge in [-0.2, -0.15) is 0 Å². The third-order valence-electron chi connectivity index (χ3n) is 1.82. The molecule has 1 heterocycles. The van der Waals surface area contributed by atoms with E-state index in [4.69, 9.17) is 11.6 Å². The normalized spacial score (nSPS) is 12.5. The lowest BCUT2D eigenvalue weighted by Gasteiger charge is -2.06. The van der Waals surface area contributed by atoms with Gasteiger partial charge in [0.2, 0.25) is 0 Å². The van der Waals surface area contributed by atoms with Crippen molar-refractivity contribution in [2.24, 2.45) is 5.92 Å². The van der Waals surface area contributed by atoms with Gasteiger partial charge in [0, 0.05) is 6.54 Å². The Labute approximate surface area is 100 Å². The van der Waals surface area contributed by atoms with Crippen molar-refractivity contribution in [3.05, 3.63) is 21.1 Å². The van der Waals surface area contributed by atoms with Gasteiger partial charge in [0.1, 0.15) is 9.34 Å². The van der Waals surface area contributed by atoms with Crippen molar-refractivity contribution in [3.63, 3.8) is 0 Å². The second-order valence-electron chi connectivity index (χ2n) is 4.02. The highest BCUT2D eigenvalue weighted by atomic mass is 35.5. The summed E-state index contributed by atoms with van der Waals surface area (Å²) in [4.78, 5) is 4.18. The lowest BCUT2D eigenvalue weighted by atomic mass is 10.2. The van der Waals surface area contributed by atoms with Crippen molar-refractivity contribution in [1.82, 2.24) is 10.3 Å². The van der Waals surface area contributed by atoms with Crippen LogP contribution in [0.1, 0.15) is 25.8 Å². The standard InChI is InChI=1S/C11H17ClN2S/c1-8(2)5-13-6-9(3)4-11-14-7-10(12)15-11/h4,7-8,13H,5-6H2,1-3H3/b9-4+. The van der Waals surface area contributed by atoms with Crippen molar-refractivity contribution < 1.29 is 0 Å². The van der Waals surface area contributed by atoms with E-state index in [0.29, 0.717) is 5.92 Å². The van der Waals surface area contributed by atoms with Crippen LogP contribution < -0.4 is 5.32 Å². The Kier molecular flexibility index (Phi) is 5.29. The molecular formula is C11H17ClN2S. The number of hydrogen-bond acceptors (Lipinski definition) is 3. The molecule has 1 N–H and O–H groups in total. The maximum Gasteiger partial charge on any atom is 0.117 e. The van der Waals surface area contributed by atoms with Crippen LogP contribution in [0.4, 0.5) is 0 Å². The minimum absolute atomic E-state index is 0.687. The molecule has 0 aliphatic rings. The maximum atomic E-state index is 5.80. The van der Waals surface area contributed by atoms with Crippen LogP contribution in [0.25, 0.3) is 6.08 Å². The monoisotopic (exact) mass is 244 g/mol. The van der Waals surface area contributed by atoms with E-state index in [1.165, 1.54) is 16.9 Å².